The van der Waals surface area contributed by atoms with Crippen molar-refractivity contribution in [3.8, 4) is 0 Å². The molecular weight excluding hydrogens is 224 g/mol. The molecular formula is C12H13ClN2O. The van der Waals surface area contributed by atoms with Gasteiger partial charge in [-0.25, -0.2) is 0 Å². The smallest absolute Gasteiger partial charge is 0.226 e. The van der Waals surface area contributed by atoms with Crippen molar-refractivity contribution in [3.05, 3.63) is 23.2 Å². The summed E-state index contributed by atoms with van der Waals surface area (Å²) in [5.41, 5.74) is 1.66. The molecule has 2 aliphatic rings. The minimum atomic E-state index is 0.0745. The highest BCUT2D eigenvalue weighted by atomic mass is 35.5. The van der Waals surface area contributed by atoms with Crippen LogP contribution in [-0.4, -0.2) is 11.9 Å². The summed E-state index contributed by atoms with van der Waals surface area (Å²) >= 11 is 6.14. The first-order chi connectivity index (χ1) is 7.74. The molecule has 1 aliphatic heterocycles. The SMILES string of the molecule is O=C1CC(C2CC2)Nc2c(Cl)cccc2N1. The van der Waals surface area contributed by atoms with Gasteiger partial charge < -0.3 is 10.6 Å². The van der Waals surface area contributed by atoms with E-state index < -0.39 is 0 Å². The highest BCUT2D eigenvalue weighted by Crippen LogP contribution is 2.40. The quantitative estimate of drug-likeness (QED) is 0.787. The summed E-state index contributed by atoms with van der Waals surface area (Å²) in [6, 6.07) is 5.80. The highest BCUT2D eigenvalue weighted by Gasteiger charge is 2.34. The fourth-order valence-electron chi connectivity index (χ4n) is 2.20. The molecule has 1 fully saturated rings. The first-order valence-corrected chi connectivity index (χ1v) is 5.97. The standard InChI is InChI=1S/C12H13ClN2O/c13-8-2-1-3-9-12(8)15-10(7-4-5-7)6-11(16)14-9/h1-3,7,10,15H,4-6H2,(H,14,16). The maximum atomic E-state index is 11.7. The molecule has 0 spiro atoms. The molecule has 1 saturated carbocycles. The minimum Gasteiger partial charge on any atom is -0.379 e. The van der Waals surface area contributed by atoms with Gasteiger partial charge in [0.05, 0.1) is 16.4 Å². The molecule has 0 radical (unpaired) electrons. The normalized spacial score (nSPS) is 24.1. The van der Waals surface area contributed by atoms with Crippen LogP contribution in [0, 0.1) is 5.92 Å². The molecule has 1 atom stereocenters. The lowest BCUT2D eigenvalue weighted by Crippen LogP contribution is -2.24. The molecule has 3 rings (SSSR count). The second-order valence-corrected chi connectivity index (χ2v) is 4.91. The van der Waals surface area contributed by atoms with Gasteiger partial charge in [-0.05, 0) is 30.9 Å². The van der Waals surface area contributed by atoms with Crippen LogP contribution >= 0.6 is 11.6 Å². The van der Waals surface area contributed by atoms with Gasteiger partial charge in [-0.3, -0.25) is 4.79 Å². The Morgan fingerprint density at radius 2 is 2.12 bits per heavy atom. The van der Waals surface area contributed by atoms with Gasteiger partial charge in [0.25, 0.3) is 0 Å². The highest BCUT2D eigenvalue weighted by molar-refractivity contribution is 6.34. The lowest BCUT2D eigenvalue weighted by molar-refractivity contribution is -0.116. The summed E-state index contributed by atoms with van der Waals surface area (Å²) < 4.78 is 0. The predicted molar refractivity (Wildman–Crippen MR) is 64.8 cm³/mol. The number of benzene rings is 1. The Balaban J connectivity index is 1.98. The van der Waals surface area contributed by atoms with Gasteiger partial charge in [0, 0.05) is 12.5 Å². The van der Waals surface area contributed by atoms with E-state index in [0.29, 0.717) is 17.4 Å². The largest absolute Gasteiger partial charge is 0.379 e. The average Bonchev–Trinajstić information content (AvgIpc) is 3.02. The summed E-state index contributed by atoms with van der Waals surface area (Å²) in [7, 11) is 0. The minimum absolute atomic E-state index is 0.0745. The molecule has 1 aromatic carbocycles. The molecule has 84 valence electrons. The number of anilines is 2. The van der Waals surface area contributed by atoms with E-state index in [2.05, 4.69) is 10.6 Å². The zero-order valence-corrected chi connectivity index (χ0v) is 9.55. The van der Waals surface area contributed by atoms with Crippen LogP contribution < -0.4 is 10.6 Å². The summed E-state index contributed by atoms with van der Waals surface area (Å²) in [6.07, 6.45) is 2.96. The molecule has 4 heteroatoms. The molecule has 2 N–H and O–H groups in total. The average molecular weight is 237 g/mol. The number of hydrogen-bond donors (Lipinski definition) is 2. The van der Waals surface area contributed by atoms with Crippen LogP contribution in [0.2, 0.25) is 5.02 Å². The number of amides is 1. The summed E-state index contributed by atoms with van der Waals surface area (Å²) in [5.74, 6) is 0.707. The van der Waals surface area contributed by atoms with Gasteiger partial charge in [-0.15, -0.1) is 0 Å². The van der Waals surface area contributed by atoms with E-state index in [1.165, 1.54) is 12.8 Å². The number of nitrogens with one attached hydrogen (secondary N) is 2. The van der Waals surface area contributed by atoms with Crippen molar-refractivity contribution in [2.45, 2.75) is 25.3 Å². The van der Waals surface area contributed by atoms with Crippen LogP contribution in [0.3, 0.4) is 0 Å². The van der Waals surface area contributed by atoms with Crippen LogP contribution in [0.25, 0.3) is 0 Å². The number of carbonyl (C=O) groups excluding carboxylic acids is 1. The number of rotatable bonds is 1. The number of carbonyl (C=O) groups is 1. The van der Waals surface area contributed by atoms with Crippen molar-refractivity contribution >= 4 is 28.9 Å². The molecule has 1 unspecified atom stereocenters. The van der Waals surface area contributed by atoms with Gasteiger partial charge in [0.2, 0.25) is 5.91 Å². The van der Waals surface area contributed by atoms with Gasteiger partial charge in [0.1, 0.15) is 0 Å². The van der Waals surface area contributed by atoms with Crippen molar-refractivity contribution in [1.82, 2.24) is 0 Å². The van der Waals surface area contributed by atoms with Crippen LogP contribution in [0.15, 0.2) is 18.2 Å². The predicted octanol–water partition coefficient (Wildman–Crippen LogP) is 2.87. The molecule has 1 amide bonds. The Morgan fingerprint density at radius 1 is 1.31 bits per heavy atom. The Labute approximate surface area is 99.2 Å². The van der Waals surface area contributed by atoms with E-state index >= 15 is 0 Å². The Morgan fingerprint density at radius 3 is 2.88 bits per heavy atom. The van der Waals surface area contributed by atoms with E-state index in [1.54, 1.807) is 0 Å². The number of halogens is 1. The van der Waals surface area contributed by atoms with Crippen molar-refractivity contribution in [2.75, 3.05) is 10.6 Å². The lowest BCUT2D eigenvalue weighted by Gasteiger charge is -2.16. The molecule has 16 heavy (non-hydrogen) atoms. The first-order valence-electron chi connectivity index (χ1n) is 5.59. The molecule has 1 aromatic rings. The molecule has 1 aliphatic carbocycles. The third-order valence-corrected chi connectivity index (χ3v) is 3.53. The fraction of sp³-hybridized carbons (Fsp3) is 0.417. The van der Waals surface area contributed by atoms with Crippen molar-refractivity contribution in [3.63, 3.8) is 0 Å². The van der Waals surface area contributed by atoms with Gasteiger partial charge in [-0.2, -0.15) is 0 Å². The number of hydrogen-bond acceptors (Lipinski definition) is 2. The molecule has 1 heterocycles. The monoisotopic (exact) mass is 236 g/mol. The van der Waals surface area contributed by atoms with Gasteiger partial charge in [0.15, 0.2) is 0 Å². The second kappa shape index (κ2) is 3.67. The van der Waals surface area contributed by atoms with E-state index in [4.69, 9.17) is 11.6 Å². The van der Waals surface area contributed by atoms with E-state index in [1.807, 2.05) is 18.2 Å². The maximum absolute atomic E-state index is 11.7. The fourth-order valence-corrected chi connectivity index (χ4v) is 2.42. The van der Waals surface area contributed by atoms with Crippen molar-refractivity contribution in [1.29, 1.82) is 0 Å². The van der Waals surface area contributed by atoms with E-state index in [9.17, 15) is 4.79 Å². The Kier molecular flexibility index (Phi) is 2.28. The third kappa shape index (κ3) is 1.76. The lowest BCUT2D eigenvalue weighted by atomic mass is 10.1. The maximum Gasteiger partial charge on any atom is 0.226 e. The van der Waals surface area contributed by atoms with Crippen molar-refractivity contribution in [2.24, 2.45) is 5.92 Å². The second-order valence-electron chi connectivity index (χ2n) is 4.50. The van der Waals surface area contributed by atoms with Crippen LogP contribution in [0.1, 0.15) is 19.3 Å². The summed E-state index contributed by atoms with van der Waals surface area (Å²) in [4.78, 5) is 11.7. The van der Waals surface area contributed by atoms with E-state index in [-0.39, 0.29) is 11.9 Å². The van der Waals surface area contributed by atoms with Gasteiger partial charge >= 0.3 is 0 Å². The molecule has 3 nitrogen and oxygen atoms in total. The summed E-state index contributed by atoms with van der Waals surface area (Å²) in [6.45, 7) is 0. The van der Waals surface area contributed by atoms with E-state index in [0.717, 1.165) is 11.4 Å². The summed E-state index contributed by atoms with van der Waals surface area (Å²) in [5, 5.41) is 6.97. The number of para-hydroxylation sites is 1. The van der Waals surface area contributed by atoms with Crippen molar-refractivity contribution < 1.29 is 4.79 Å². The zero-order chi connectivity index (χ0) is 11.1. The van der Waals surface area contributed by atoms with Crippen LogP contribution in [0.4, 0.5) is 11.4 Å². The first kappa shape index (κ1) is 9.97. The Bertz CT molecular complexity index is 443. The molecule has 0 bridgehead atoms. The third-order valence-electron chi connectivity index (χ3n) is 3.21. The van der Waals surface area contributed by atoms with Crippen LogP contribution in [0.5, 0.6) is 0 Å². The topological polar surface area (TPSA) is 41.1 Å². The van der Waals surface area contributed by atoms with Crippen LogP contribution in [-0.2, 0) is 4.79 Å². The molecule has 0 saturated heterocycles. The molecule has 0 aromatic heterocycles. The Hall–Kier alpha value is -1.22. The number of fused-ring (bicyclic) bond motifs is 1. The van der Waals surface area contributed by atoms with Gasteiger partial charge in [-0.1, -0.05) is 17.7 Å². The zero-order valence-electron chi connectivity index (χ0n) is 8.79.